The highest BCUT2D eigenvalue weighted by molar-refractivity contribution is 5.90. The molecule has 0 aliphatic carbocycles. The lowest BCUT2D eigenvalue weighted by Gasteiger charge is -2.13. The molecule has 0 fully saturated rings. The van der Waals surface area contributed by atoms with E-state index in [4.69, 9.17) is 10.8 Å². The minimum absolute atomic E-state index is 0.0309. The molecule has 0 aliphatic heterocycles. The van der Waals surface area contributed by atoms with E-state index in [1.165, 1.54) is 0 Å². The Kier molecular flexibility index (Phi) is 4.72. The van der Waals surface area contributed by atoms with Crippen LogP contribution in [0, 0.1) is 0 Å². The number of hydrogen-bond acceptors (Lipinski definition) is 4. The van der Waals surface area contributed by atoms with Crippen LogP contribution in [0.25, 0.3) is 0 Å². The second kappa shape index (κ2) is 5.91. The monoisotopic (exact) mass is 291 g/mol. The second-order valence-electron chi connectivity index (χ2n) is 4.01. The number of methoxy groups -OCH3 is 1. The van der Waals surface area contributed by atoms with Crippen molar-refractivity contribution < 1.29 is 32.6 Å². The van der Waals surface area contributed by atoms with Crippen LogP contribution in [-0.2, 0) is 22.1 Å². The number of benzene rings is 1. The van der Waals surface area contributed by atoms with Crippen molar-refractivity contribution in [2.45, 2.75) is 18.6 Å². The number of carboxylic acid groups (broad SMARTS) is 1. The standard InChI is InChI=1S/C12H12F3NO4/c1-20-11(19)9(16)4-6-2-3-7(12(13,14)15)5-8(6)10(17)18/h2-3,5,9H,4,16H2,1H3,(H,17,18)/t9-/m1/s1. The first-order chi connectivity index (χ1) is 9.16. The Morgan fingerprint density at radius 3 is 2.45 bits per heavy atom. The van der Waals surface area contributed by atoms with Gasteiger partial charge in [0.15, 0.2) is 0 Å². The number of nitrogens with two attached hydrogens (primary N) is 1. The summed E-state index contributed by atoms with van der Waals surface area (Å²) in [6.45, 7) is 0. The van der Waals surface area contributed by atoms with Gasteiger partial charge in [0.2, 0.25) is 0 Å². The van der Waals surface area contributed by atoms with Gasteiger partial charge in [0.05, 0.1) is 18.2 Å². The Morgan fingerprint density at radius 2 is 2.00 bits per heavy atom. The van der Waals surface area contributed by atoms with Crippen molar-refractivity contribution in [3.8, 4) is 0 Å². The number of carbonyl (C=O) groups is 2. The predicted molar refractivity (Wildman–Crippen MR) is 62.1 cm³/mol. The number of ether oxygens (including phenoxy) is 1. The Hall–Kier alpha value is -2.09. The third-order valence-corrected chi connectivity index (χ3v) is 2.61. The van der Waals surface area contributed by atoms with Crippen molar-refractivity contribution in [2.75, 3.05) is 7.11 Å². The SMILES string of the molecule is COC(=O)[C@H](N)Cc1ccc(C(F)(F)F)cc1C(=O)O. The highest BCUT2D eigenvalue weighted by atomic mass is 19.4. The van der Waals surface area contributed by atoms with Crippen LogP contribution in [-0.4, -0.2) is 30.2 Å². The van der Waals surface area contributed by atoms with E-state index in [1.807, 2.05) is 0 Å². The van der Waals surface area contributed by atoms with Crippen molar-refractivity contribution in [3.05, 3.63) is 34.9 Å². The first-order valence-corrected chi connectivity index (χ1v) is 5.43. The lowest BCUT2D eigenvalue weighted by Crippen LogP contribution is -2.34. The number of hydrogen-bond donors (Lipinski definition) is 2. The zero-order valence-electron chi connectivity index (χ0n) is 10.4. The summed E-state index contributed by atoms with van der Waals surface area (Å²) in [4.78, 5) is 22.1. The van der Waals surface area contributed by atoms with Crippen molar-refractivity contribution >= 4 is 11.9 Å². The van der Waals surface area contributed by atoms with Gasteiger partial charge in [0.1, 0.15) is 6.04 Å². The Balaban J connectivity index is 3.15. The number of alkyl halides is 3. The number of rotatable bonds is 4. The minimum atomic E-state index is -4.65. The topological polar surface area (TPSA) is 89.6 Å². The van der Waals surface area contributed by atoms with E-state index >= 15 is 0 Å². The van der Waals surface area contributed by atoms with Crippen LogP contribution in [0.4, 0.5) is 13.2 Å². The number of carboxylic acids is 1. The number of esters is 1. The van der Waals surface area contributed by atoms with Gasteiger partial charge in [-0.1, -0.05) is 6.07 Å². The van der Waals surface area contributed by atoms with Crippen LogP contribution >= 0.6 is 0 Å². The summed E-state index contributed by atoms with van der Waals surface area (Å²) in [6.07, 6.45) is -4.88. The molecule has 0 heterocycles. The average molecular weight is 291 g/mol. The van der Waals surface area contributed by atoms with Gasteiger partial charge in [-0.15, -0.1) is 0 Å². The van der Waals surface area contributed by atoms with E-state index in [2.05, 4.69) is 4.74 Å². The molecule has 1 rings (SSSR count). The lowest BCUT2D eigenvalue weighted by molar-refractivity contribution is -0.142. The molecule has 0 aliphatic rings. The fourth-order valence-corrected chi connectivity index (χ4v) is 1.60. The zero-order valence-corrected chi connectivity index (χ0v) is 10.4. The molecule has 5 nitrogen and oxygen atoms in total. The van der Waals surface area contributed by atoms with Crippen LogP contribution < -0.4 is 5.73 Å². The van der Waals surface area contributed by atoms with Crippen LogP contribution in [0.15, 0.2) is 18.2 Å². The third kappa shape index (κ3) is 3.70. The van der Waals surface area contributed by atoms with Gasteiger partial charge < -0.3 is 15.6 Å². The second-order valence-corrected chi connectivity index (χ2v) is 4.01. The smallest absolute Gasteiger partial charge is 0.416 e. The maximum absolute atomic E-state index is 12.5. The Morgan fingerprint density at radius 1 is 1.40 bits per heavy atom. The van der Waals surface area contributed by atoms with Crippen LogP contribution in [0.3, 0.4) is 0 Å². The van der Waals surface area contributed by atoms with E-state index < -0.39 is 35.3 Å². The summed E-state index contributed by atoms with van der Waals surface area (Å²) >= 11 is 0. The minimum Gasteiger partial charge on any atom is -0.478 e. The van der Waals surface area contributed by atoms with Gasteiger partial charge >= 0.3 is 18.1 Å². The molecule has 0 saturated heterocycles. The van der Waals surface area contributed by atoms with Crippen molar-refractivity contribution in [1.29, 1.82) is 0 Å². The van der Waals surface area contributed by atoms with Crippen molar-refractivity contribution in [2.24, 2.45) is 5.73 Å². The molecule has 8 heteroatoms. The highest BCUT2D eigenvalue weighted by Crippen LogP contribution is 2.30. The molecule has 0 saturated carbocycles. The fraction of sp³-hybridized carbons (Fsp3) is 0.333. The lowest BCUT2D eigenvalue weighted by atomic mass is 9.98. The fourth-order valence-electron chi connectivity index (χ4n) is 1.60. The third-order valence-electron chi connectivity index (χ3n) is 2.61. The number of carbonyl (C=O) groups excluding carboxylic acids is 1. The normalized spacial score (nSPS) is 12.8. The van der Waals surface area contributed by atoms with Crippen LogP contribution in [0.1, 0.15) is 21.5 Å². The van der Waals surface area contributed by atoms with E-state index in [9.17, 15) is 22.8 Å². The summed E-state index contributed by atoms with van der Waals surface area (Å²) in [7, 11) is 1.10. The zero-order chi connectivity index (χ0) is 15.5. The average Bonchev–Trinajstić information content (AvgIpc) is 2.36. The van der Waals surface area contributed by atoms with Crippen LogP contribution in [0.5, 0.6) is 0 Å². The predicted octanol–water partition coefficient (Wildman–Crippen LogP) is 1.45. The molecule has 0 bridgehead atoms. The van der Waals surface area contributed by atoms with Crippen molar-refractivity contribution in [3.63, 3.8) is 0 Å². The molecule has 0 aromatic heterocycles. The highest BCUT2D eigenvalue weighted by Gasteiger charge is 2.32. The summed E-state index contributed by atoms with van der Waals surface area (Å²) in [6, 6.07) is 1.11. The van der Waals surface area contributed by atoms with Gasteiger partial charge in [-0.3, -0.25) is 4.79 Å². The molecule has 1 aromatic rings. The molecule has 0 radical (unpaired) electrons. The first kappa shape index (κ1) is 16.0. The first-order valence-electron chi connectivity index (χ1n) is 5.43. The summed E-state index contributed by atoms with van der Waals surface area (Å²) in [5.74, 6) is -2.30. The van der Waals surface area contributed by atoms with Gasteiger partial charge in [0, 0.05) is 0 Å². The number of aromatic carboxylic acids is 1. The molecule has 20 heavy (non-hydrogen) atoms. The van der Waals surface area contributed by atoms with E-state index in [0.717, 1.165) is 19.2 Å². The van der Waals surface area contributed by atoms with Crippen molar-refractivity contribution in [1.82, 2.24) is 0 Å². The molecule has 1 atom stereocenters. The molecular formula is C12H12F3NO4. The van der Waals surface area contributed by atoms with E-state index in [1.54, 1.807) is 0 Å². The van der Waals surface area contributed by atoms with E-state index in [0.29, 0.717) is 6.07 Å². The van der Waals surface area contributed by atoms with Gasteiger partial charge in [-0.05, 0) is 24.1 Å². The Labute approximate surface area is 112 Å². The largest absolute Gasteiger partial charge is 0.478 e. The molecule has 0 spiro atoms. The molecule has 0 amide bonds. The molecular weight excluding hydrogens is 279 g/mol. The maximum atomic E-state index is 12.5. The Bertz CT molecular complexity index is 528. The molecule has 0 unspecified atom stereocenters. The summed E-state index contributed by atoms with van der Waals surface area (Å²) in [5.41, 5.74) is 3.87. The van der Waals surface area contributed by atoms with Crippen LogP contribution in [0.2, 0.25) is 0 Å². The van der Waals surface area contributed by atoms with Gasteiger partial charge in [-0.25, -0.2) is 4.79 Å². The maximum Gasteiger partial charge on any atom is 0.416 e. The van der Waals surface area contributed by atoms with E-state index in [-0.39, 0.29) is 12.0 Å². The van der Waals surface area contributed by atoms with Gasteiger partial charge in [0.25, 0.3) is 0 Å². The quantitative estimate of drug-likeness (QED) is 0.819. The summed E-state index contributed by atoms with van der Waals surface area (Å²) < 4.78 is 41.9. The molecule has 1 aromatic carbocycles. The van der Waals surface area contributed by atoms with Gasteiger partial charge in [-0.2, -0.15) is 13.2 Å². The molecule has 3 N–H and O–H groups in total. The molecule has 110 valence electrons. The number of halogens is 3. The summed E-state index contributed by atoms with van der Waals surface area (Å²) in [5, 5.41) is 8.94.